The molecule has 3 heteroatoms. The molecule has 120 valence electrons. The van der Waals surface area contributed by atoms with Gasteiger partial charge < -0.3 is 9.69 Å². The van der Waals surface area contributed by atoms with Gasteiger partial charge in [-0.05, 0) is 55.7 Å². The molecular formula is C20H24N2O. The predicted molar refractivity (Wildman–Crippen MR) is 98.2 cm³/mol. The molecule has 0 saturated heterocycles. The topological polar surface area (TPSA) is 33.2 Å². The number of pyridine rings is 1. The van der Waals surface area contributed by atoms with Crippen LogP contribution in [0.25, 0.3) is 5.57 Å². The molecule has 1 aromatic carbocycles. The van der Waals surface area contributed by atoms with Gasteiger partial charge in [0, 0.05) is 31.3 Å². The summed E-state index contributed by atoms with van der Waals surface area (Å²) in [7, 11) is 2.06. The molecule has 0 fully saturated rings. The van der Waals surface area contributed by atoms with Gasteiger partial charge in [-0.2, -0.15) is 0 Å². The normalized spacial score (nSPS) is 11.3. The van der Waals surface area contributed by atoms with Crippen LogP contribution in [0, 0.1) is 0 Å². The summed E-state index contributed by atoms with van der Waals surface area (Å²) >= 11 is 0. The van der Waals surface area contributed by atoms with Crippen molar-refractivity contribution in [2.45, 2.75) is 20.8 Å². The van der Waals surface area contributed by atoms with Gasteiger partial charge >= 0.3 is 0 Å². The van der Waals surface area contributed by atoms with Crippen LogP contribution in [-0.2, 0) is 4.79 Å². The molecular weight excluding hydrogens is 284 g/mol. The number of carbonyl (C=O) groups is 1. The van der Waals surface area contributed by atoms with E-state index in [4.69, 9.17) is 4.79 Å². The Morgan fingerprint density at radius 2 is 1.74 bits per heavy atom. The van der Waals surface area contributed by atoms with Crippen LogP contribution >= 0.6 is 0 Å². The van der Waals surface area contributed by atoms with Gasteiger partial charge in [-0.3, -0.25) is 4.98 Å². The summed E-state index contributed by atoms with van der Waals surface area (Å²) < 4.78 is 0. The summed E-state index contributed by atoms with van der Waals surface area (Å²) in [6.45, 7) is 5.63. The number of carbonyl (C=O) groups excluding carboxylic acids is 1. The Labute approximate surface area is 139 Å². The van der Waals surface area contributed by atoms with E-state index in [9.17, 15) is 0 Å². The Bertz CT molecular complexity index is 646. The molecule has 0 aliphatic carbocycles. The third-order valence-corrected chi connectivity index (χ3v) is 3.24. The lowest BCUT2D eigenvalue weighted by atomic mass is 10.0. The summed E-state index contributed by atoms with van der Waals surface area (Å²) in [6, 6.07) is 14.4. The maximum atomic E-state index is 8.81. The lowest BCUT2D eigenvalue weighted by Gasteiger charge is -2.17. The number of aromatic nitrogens is 1. The van der Waals surface area contributed by atoms with E-state index < -0.39 is 0 Å². The molecule has 0 unspecified atom stereocenters. The summed E-state index contributed by atoms with van der Waals surface area (Å²) in [5.74, 6) is 0. The molecule has 0 saturated carbocycles. The second-order valence-electron chi connectivity index (χ2n) is 4.94. The Balaban J connectivity index is 0.000000816. The monoisotopic (exact) mass is 308 g/mol. The zero-order valence-electron chi connectivity index (χ0n) is 14.2. The van der Waals surface area contributed by atoms with Crippen LogP contribution in [0.15, 0.2) is 72.7 Å². The highest BCUT2D eigenvalue weighted by Crippen LogP contribution is 2.23. The number of aldehydes is 1. The third-order valence-electron chi connectivity index (χ3n) is 3.24. The standard InChI is InChI=1S/C18H20N2.C2H4O/c1-4-18(16-9-8-12-19-13-16)15(2)14-20(3)17-10-6-5-7-11-17;1-2-3/h4-14H,1-3H3;2H,1H3/b15-14-,18-4-;. The van der Waals surface area contributed by atoms with Gasteiger partial charge in [0.15, 0.2) is 0 Å². The van der Waals surface area contributed by atoms with Gasteiger partial charge in [-0.15, -0.1) is 0 Å². The van der Waals surface area contributed by atoms with Crippen LogP contribution in [0.3, 0.4) is 0 Å². The second kappa shape index (κ2) is 10.1. The zero-order chi connectivity index (χ0) is 17.1. The van der Waals surface area contributed by atoms with Gasteiger partial charge in [0.05, 0.1) is 0 Å². The maximum Gasteiger partial charge on any atom is 0.116 e. The highest BCUT2D eigenvalue weighted by Gasteiger charge is 2.04. The van der Waals surface area contributed by atoms with Crippen molar-refractivity contribution >= 4 is 17.5 Å². The summed E-state index contributed by atoms with van der Waals surface area (Å²) in [5, 5.41) is 0. The Kier molecular flexibility index (Phi) is 8.08. The number of hydrogen-bond acceptors (Lipinski definition) is 3. The number of para-hydroxylation sites is 1. The van der Waals surface area contributed by atoms with E-state index in [0.29, 0.717) is 0 Å². The van der Waals surface area contributed by atoms with Crippen molar-refractivity contribution in [1.29, 1.82) is 0 Å². The minimum atomic E-state index is 0.750. The van der Waals surface area contributed by atoms with Gasteiger partial charge in [0.25, 0.3) is 0 Å². The van der Waals surface area contributed by atoms with Crippen LogP contribution in [0.1, 0.15) is 26.3 Å². The molecule has 0 radical (unpaired) electrons. The molecule has 3 nitrogen and oxygen atoms in total. The molecule has 0 spiro atoms. The minimum Gasteiger partial charge on any atom is -0.351 e. The largest absolute Gasteiger partial charge is 0.351 e. The fraction of sp³-hybridized carbons (Fsp3) is 0.200. The fourth-order valence-corrected chi connectivity index (χ4v) is 2.24. The van der Waals surface area contributed by atoms with Gasteiger partial charge in [0.2, 0.25) is 0 Å². The number of anilines is 1. The Hall–Kier alpha value is -2.68. The van der Waals surface area contributed by atoms with Crippen LogP contribution in [0.2, 0.25) is 0 Å². The molecule has 23 heavy (non-hydrogen) atoms. The summed E-state index contributed by atoms with van der Waals surface area (Å²) in [6.07, 6.45) is 8.72. The minimum absolute atomic E-state index is 0.750. The van der Waals surface area contributed by atoms with Crippen molar-refractivity contribution in [3.05, 3.63) is 78.3 Å². The SMILES string of the molecule is C/C=C(/C(C)=C\N(C)c1ccccc1)c1cccnc1.CC=O. The van der Waals surface area contributed by atoms with Crippen LogP contribution in [0.5, 0.6) is 0 Å². The lowest BCUT2D eigenvalue weighted by Crippen LogP contribution is -2.09. The quantitative estimate of drug-likeness (QED) is 0.604. The van der Waals surface area contributed by atoms with Crippen molar-refractivity contribution in [3.63, 3.8) is 0 Å². The number of benzene rings is 1. The zero-order valence-corrected chi connectivity index (χ0v) is 14.2. The molecule has 0 atom stereocenters. The van der Waals surface area contributed by atoms with Gasteiger partial charge in [0.1, 0.15) is 6.29 Å². The van der Waals surface area contributed by atoms with Crippen molar-refractivity contribution in [1.82, 2.24) is 4.98 Å². The van der Waals surface area contributed by atoms with Crippen LogP contribution < -0.4 is 4.90 Å². The molecule has 0 amide bonds. The molecule has 1 heterocycles. The van der Waals surface area contributed by atoms with Crippen molar-refractivity contribution < 1.29 is 4.79 Å². The first kappa shape index (κ1) is 18.4. The van der Waals surface area contributed by atoms with E-state index in [1.54, 1.807) is 6.20 Å². The first-order valence-corrected chi connectivity index (χ1v) is 7.57. The summed E-state index contributed by atoms with van der Waals surface area (Å²) in [5.41, 5.74) is 4.74. The van der Waals surface area contributed by atoms with E-state index in [1.165, 1.54) is 23.8 Å². The molecule has 0 N–H and O–H groups in total. The Morgan fingerprint density at radius 3 is 2.26 bits per heavy atom. The fourth-order valence-electron chi connectivity index (χ4n) is 2.24. The lowest BCUT2D eigenvalue weighted by molar-refractivity contribution is -0.106. The molecule has 0 aliphatic rings. The van der Waals surface area contributed by atoms with E-state index in [-0.39, 0.29) is 0 Å². The first-order valence-electron chi connectivity index (χ1n) is 7.57. The number of nitrogens with zero attached hydrogens (tertiary/aromatic N) is 2. The van der Waals surface area contributed by atoms with Crippen molar-refractivity contribution in [2.24, 2.45) is 0 Å². The van der Waals surface area contributed by atoms with E-state index in [2.05, 4.69) is 61.3 Å². The molecule has 1 aromatic heterocycles. The Morgan fingerprint density at radius 1 is 1.09 bits per heavy atom. The second-order valence-corrected chi connectivity index (χ2v) is 4.94. The van der Waals surface area contributed by atoms with Crippen molar-refractivity contribution in [3.8, 4) is 0 Å². The highest BCUT2D eigenvalue weighted by atomic mass is 16.1. The van der Waals surface area contributed by atoms with E-state index in [0.717, 1.165) is 11.8 Å². The van der Waals surface area contributed by atoms with Crippen molar-refractivity contribution in [2.75, 3.05) is 11.9 Å². The first-order chi connectivity index (χ1) is 11.1. The van der Waals surface area contributed by atoms with E-state index in [1.807, 2.05) is 30.5 Å². The van der Waals surface area contributed by atoms with Gasteiger partial charge in [-0.1, -0.05) is 30.3 Å². The van der Waals surface area contributed by atoms with Crippen LogP contribution in [0.4, 0.5) is 5.69 Å². The number of allylic oxidation sites excluding steroid dienone is 3. The highest BCUT2D eigenvalue weighted by molar-refractivity contribution is 5.78. The third kappa shape index (κ3) is 5.91. The predicted octanol–water partition coefficient (Wildman–Crippen LogP) is 4.73. The average Bonchev–Trinajstić information content (AvgIpc) is 2.58. The van der Waals surface area contributed by atoms with Crippen LogP contribution in [-0.4, -0.2) is 18.3 Å². The maximum absolute atomic E-state index is 8.81. The molecule has 0 bridgehead atoms. The van der Waals surface area contributed by atoms with E-state index >= 15 is 0 Å². The molecule has 0 aliphatic heterocycles. The summed E-state index contributed by atoms with van der Waals surface area (Å²) in [4.78, 5) is 15.1. The molecule has 2 aromatic rings. The average molecular weight is 308 g/mol. The van der Waals surface area contributed by atoms with Gasteiger partial charge in [-0.25, -0.2) is 0 Å². The number of hydrogen-bond donors (Lipinski definition) is 0. The smallest absolute Gasteiger partial charge is 0.116 e. The number of rotatable bonds is 4. The molecule has 2 rings (SSSR count).